The van der Waals surface area contributed by atoms with Crippen molar-refractivity contribution >= 4 is 27.7 Å². The van der Waals surface area contributed by atoms with Gasteiger partial charge in [-0.3, -0.25) is 9.69 Å². The Morgan fingerprint density at radius 1 is 1.53 bits per heavy atom. The lowest BCUT2D eigenvalue weighted by molar-refractivity contribution is -0.138. The maximum atomic E-state index is 12.8. The van der Waals surface area contributed by atoms with E-state index in [1.807, 2.05) is 0 Å². The Bertz CT molecular complexity index is 565. The number of rotatable bonds is 1. The van der Waals surface area contributed by atoms with Crippen molar-refractivity contribution in [3.63, 3.8) is 0 Å². The summed E-state index contributed by atoms with van der Waals surface area (Å²) in [7, 11) is 0. The molecule has 7 heteroatoms. The second kappa shape index (κ2) is 4.85. The predicted molar refractivity (Wildman–Crippen MR) is 66.2 cm³/mol. The molecule has 1 aliphatic rings. The molecule has 1 aromatic heterocycles. The minimum Gasteiger partial charge on any atom is -0.296 e. The van der Waals surface area contributed by atoms with Crippen LogP contribution < -0.4 is 4.90 Å². The molecule has 0 spiro atoms. The summed E-state index contributed by atoms with van der Waals surface area (Å²) in [5.74, 6) is 1.80. The monoisotopic (exact) mass is 332 g/mol. The molecule has 2 heterocycles. The maximum absolute atomic E-state index is 12.8. The van der Waals surface area contributed by atoms with E-state index in [1.54, 1.807) is 0 Å². The topological polar surface area (TPSA) is 33.2 Å². The maximum Gasteiger partial charge on any atom is 0.417 e. The molecule has 1 aliphatic heterocycles. The molecule has 100 valence electrons. The lowest BCUT2D eigenvalue weighted by Crippen LogP contribution is -2.26. The van der Waals surface area contributed by atoms with E-state index in [9.17, 15) is 18.0 Å². The fourth-order valence-electron chi connectivity index (χ4n) is 1.83. The Hall–Kier alpha value is -1.55. The van der Waals surface area contributed by atoms with Crippen LogP contribution in [-0.4, -0.2) is 17.4 Å². The molecule has 2 rings (SSSR count). The number of hydrogen-bond acceptors (Lipinski definition) is 2. The molecule has 1 saturated heterocycles. The molecule has 0 radical (unpaired) electrons. The lowest BCUT2D eigenvalue weighted by atomic mass is 10.1. The van der Waals surface area contributed by atoms with Crippen molar-refractivity contribution in [1.29, 1.82) is 0 Å². The van der Waals surface area contributed by atoms with Gasteiger partial charge in [0.15, 0.2) is 0 Å². The summed E-state index contributed by atoms with van der Waals surface area (Å²) in [5.41, 5.74) is -0.866. The smallest absolute Gasteiger partial charge is 0.296 e. The number of carbonyl (C=O) groups excluding carboxylic acids is 1. The molecule has 0 N–H and O–H groups in total. The zero-order chi connectivity index (χ0) is 14.2. The molecule has 0 saturated carbocycles. The van der Waals surface area contributed by atoms with Gasteiger partial charge in [-0.1, -0.05) is 0 Å². The molecule has 1 unspecified atom stereocenters. The van der Waals surface area contributed by atoms with Gasteiger partial charge in [0.1, 0.15) is 5.82 Å². The summed E-state index contributed by atoms with van der Waals surface area (Å²) >= 11 is 2.80. The summed E-state index contributed by atoms with van der Waals surface area (Å²) in [6.07, 6.45) is 1.88. The van der Waals surface area contributed by atoms with E-state index in [-0.39, 0.29) is 35.1 Å². The summed E-state index contributed by atoms with van der Waals surface area (Å²) < 4.78 is 38.1. The largest absolute Gasteiger partial charge is 0.417 e. The number of alkyl halides is 3. The van der Waals surface area contributed by atoms with Crippen molar-refractivity contribution < 1.29 is 18.0 Å². The fourth-order valence-corrected chi connectivity index (χ4v) is 2.27. The van der Waals surface area contributed by atoms with E-state index in [4.69, 9.17) is 6.42 Å². The van der Waals surface area contributed by atoms with Crippen LogP contribution in [0, 0.1) is 18.3 Å². The Kier molecular flexibility index (Phi) is 3.54. The van der Waals surface area contributed by atoms with E-state index >= 15 is 0 Å². The summed E-state index contributed by atoms with van der Waals surface area (Å²) in [5, 5.41) is 0. The minimum atomic E-state index is -4.51. The SMILES string of the molecule is C#CC1CC(=O)N(c2cc(C(F)(F)F)c(Br)cn2)C1. The Morgan fingerprint density at radius 2 is 2.21 bits per heavy atom. The summed E-state index contributed by atoms with van der Waals surface area (Å²) in [6, 6.07) is 0.848. The van der Waals surface area contributed by atoms with Gasteiger partial charge in [0, 0.05) is 29.6 Å². The van der Waals surface area contributed by atoms with Crippen LogP contribution in [0.2, 0.25) is 0 Å². The van der Waals surface area contributed by atoms with Gasteiger partial charge in [-0.15, -0.1) is 12.3 Å². The normalized spacial score (nSPS) is 19.6. The average molecular weight is 333 g/mol. The highest BCUT2D eigenvalue weighted by molar-refractivity contribution is 9.10. The third-order valence-corrected chi connectivity index (χ3v) is 3.42. The third-order valence-electron chi connectivity index (χ3n) is 2.78. The molecule has 1 fully saturated rings. The molecular weight excluding hydrogens is 325 g/mol. The fraction of sp³-hybridized carbons (Fsp3) is 0.333. The lowest BCUT2D eigenvalue weighted by Gasteiger charge is -2.17. The zero-order valence-corrected chi connectivity index (χ0v) is 11.1. The van der Waals surface area contributed by atoms with Crippen LogP contribution >= 0.6 is 15.9 Å². The number of pyridine rings is 1. The van der Waals surface area contributed by atoms with Crippen molar-refractivity contribution in [3.8, 4) is 12.3 Å². The number of anilines is 1. The second-order valence-corrected chi connectivity index (χ2v) is 4.95. The molecule has 0 bridgehead atoms. The van der Waals surface area contributed by atoms with Crippen LogP contribution in [0.15, 0.2) is 16.7 Å². The van der Waals surface area contributed by atoms with Gasteiger partial charge in [-0.25, -0.2) is 4.98 Å². The van der Waals surface area contributed by atoms with Gasteiger partial charge in [-0.2, -0.15) is 13.2 Å². The van der Waals surface area contributed by atoms with Crippen molar-refractivity contribution in [1.82, 2.24) is 4.98 Å². The van der Waals surface area contributed by atoms with E-state index < -0.39 is 11.7 Å². The Labute approximate surface area is 115 Å². The van der Waals surface area contributed by atoms with Crippen LogP contribution in [0.3, 0.4) is 0 Å². The molecule has 0 aromatic carbocycles. The van der Waals surface area contributed by atoms with Crippen molar-refractivity contribution in [2.24, 2.45) is 5.92 Å². The van der Waals surface area contributed by atoms with Crippen LogP contribution in [0.5, 0.6) is 0 Å². The standard InChI is InChI=1S/C12H8BrF3N2O/c1-2-7-3-11(19)18(6-7)10-4-8(12(14,15)16)9(13)5-17-10/h1,4-5,7H,3,6H2. The average Bonchev–Trinajstić information content (AvgIpc) is 2.70. The molecule has 3 nitrogen and oxygen atoms in total. The number of terminal acetylenes is 1. The van der Waals surface area contributed by atoms with Crippen LogP contribution in [0.4, 0.5) is 19.0 Å². The molecule has 1 atom stereocenters. The van der Waals surface area contributed by atoms with Crippen LogP contribution in [0.25, 0.3) is 0 Å². The second-order valence-electron chi connectivity index (χ2n) is 4.09. The minimum absolute atomic E-state index is 0.0294. The Morgan fingerprint density at radius 3 is 2.74 bits per heavy atom. The van der Waals surface area contributed by atoms with E-state index in [0.717, 1.165) is 12.3 Å². The highest BCUT2D eigenvalue weighted by atomic mass is 79.9. The number of hydrogen-bond donors (Lipinski definition) is 0. The van der Waals surface area contributed by atoms with Gasteiger partial charge >= 0.3 is 6.18 Å². The zero-order valence-electron chi connectivity index (χ0n) is 9.54. The number of amides is 1. The summed E-state index contributed by atoms with van der Waals surface area (Å²) in [6.45, 7) is 0.196. The molecule has 19 heavy (non-hydrogen) atoms. The molecular formula is C12H8BrF3N2O. The first-order valence-electron chi connectivity index (χ1n) is 5.32. The van der Waals surface area contributed by atoms with E-state index in [0.29, 0.717) is 0 Å². The van der Waals surface area contributed by atoms with Crippen LogP contribution in [-0.2, 0) is 11.0 Å². The highest BCUT2D eigenvalue weighted by Gasteiger charge is 2.36. The quantitative estimate of drug-likeness (QED) is 0.741. The number of halogens is 4. The third kappa shape index (κ3) is 2.73. The van der Waals surface area contributed by atoms with Crippen molar-refractivity contribution in [2.75, 3.05) is 11.4 Å². The van der Waals surface area contributed by atoms with Gasteiger partial charge in [0.2, 0.25) is 5.91 Å². The number of nitrogens with zero attached hydrogens (tertiary/aromatic N) is 2. The van der Waals surface area contributed by atoms with E-state index in [1.165, 1.54) is 4.90 Å². The first-order chi connectivity index (χ1) is 8.82. The van der Waals surface area contributed by atoms with Crippen molar-refractivity contribution in [3.05, 3.63) is 22.3 Å². The van der Waals surface area contributed by atoms with Gasteiger partial charge < -0.3 is 0 Å². The molecule has 1 amide bonds. The van der Waals surface area contributed by atoms with Crippen molar-refractivity contribution in [2.45, 2.75) is 12.6 Å². The number of aromatic nitrogens is 1. The summed E-state index contributed by atoms with van der Waals surface area (Å²) in [4.78, 5) is 16.7. The molecule has 1 aromatic rings. The molecule has 0 aliphatic carbocycles. The predicted octanol–water partition coefficient (Wildman–Crippen LogP) is 2.85. The number of carbonyl (C=O) groups is 1. The van der Waals surface area contributed by atoms with Crippen LogP contribution in [0.1, 0.15) is 12.0 Å². The highest BCUT2D eigenvalue weighted by Crippen LogP contribution is 2.36. The van der Waals surface area contributed by atoms with Gasteiger partial charge in [0.05, 0.1) is 5.56 Å². The van der Waals surface area contributed by atoms with Gasteiger partial charge in [0.25, 0.3) is 0 Å². The van der Waals surface area contributed by atoms with E-state index in [2.05, 4.69) is 26.8 Å². The first-order valence-corrected chi connectivity index (χ1v) is 6.11. The van der Waals surface area contributed by atoms with Gasteiger partial charge in [-0.05, 0) is 22.0 Å². The first kappa shape index (κ1) is 13.9. The Balaban J connectivity index is 2.38.